The molecule has 1 amide bonds. The number of benzene rings is 3. The summed E-state index contributed by atoms with van der Waals surface area (Å²) in [7, 11) is -0.206. The molecule has 0 saturated carbocycles. The first-order valence-electron chi connectivity index (χ1n) is 16.5. The van der Waals surface area contributed by atoms with Gasteiger partial charge >= 0.3 is 12.1 Å². The molecule has 0 aromatic heterocycles. The second kappa shape index (κ2) is 17.8. The lowest BCUT2D eigenvalue weighted by atomic mass is 9.85. The summed E-state index contributed by atoms with van der Waals surface area (Å²) in [4.78, 5) is 44.8. The molecular weight excluding hydrogens is 609 g/mol. The Balaban J connectivity index is 1.43. The van der Waals surface area contributed by atoms with Gasteiger partial charge in [-0.15, -0.1) is 7.92 Å². The highest BCUT2D eigenvalue weighted by atomic mass is 31.1. The van der Waals surface area contributed by atoms with E-state index in [4.69, 9.17) is 15.2 Å². The number of carbonyl (C=O) groups excluding carboxylic acids is 3. The van der Waals surface area contributed by atoms with Crippen LogP contribution in [0.2, 0.25) is 0 Å². The molecule has 1 aliphatic carbocycles. The van der Waals surface area contributed by atoms with E-state index in [9.17, 15) is 14.4 Å². The monoisotopic (exact) mass is 657 g/mol. The zero-order valence-corrected chi connectivity index (χ0v) is 28.9. The van der Waals surface area contributed by atoms with E-state index in [1.54, 1.807) is 0 Å². The van der Waals surface area contributed by atoms with Gasteiger partial charge in [-0.2, -0.15) is 0 Å². The summed E-state index contributed by atoms with van der Waals surface area (Å²) in [5.41, 5.74) is 11.4. The smallest absolute Gasteiger partial charge is 0.407 e. The molecule has 47 heavy (non-hydrogen) atoms. The number of amides is 1. The zero-order chi connectivity index (χ0) is 33.8. The van der Waals surface area contributed by atoms with Gasteiger partial charge in [0.05, 0.1) is 17.8 Å². The largest absolute Gasteiger partial charge is 0.461 e. The van der Waals surface area contributed by atoms with Gasteiger partial charge in [-0.25, -0.2) is 4.79 Å². The van der Waals surface area contributed by atoms with Gasteiger partial charge in [0.15, 0.2) is 5.78 Å². The second-order valence-electron chi connectivity index (χ2n) is 12.5. The average molecular weight is 658 g/mol. The number of nitrogens with zero attached hydrogens (tertiary/aromatic N) is 1. The highest BCUT2D eigenvalue weighted by Crippen LogP contribution is 2.44. The first-order valence-corrected chi connectivity index (χ1v) is 18.9. The standard InChI is InChI=1S/C38H48N3O5P/c1-5-26(2)32(37(43)45-23-27-14-7-6-8-15-27)22-35(42)34(20-13-21-40-36(39)25-47(3)4)41-38(44)46-24-33-30-18-11-9-16-28(30)29-17-10-12-19-31(29)33/h6-12,14-19,26,32-34H,5,13,20-25H2,1-4H3,(H2,39,40)(H,41,44)/t26?,32-,34+/m0/s1. The number of alkyl carbamates (subject to hydrolysis) is 1. The summed E-state index contributed by atoms with van der Waals surface area (Å²) < 4.78 is 11.4. The SMILES string of the molecule is CCC(C)[C@H](CC(=O)[C@@H](CCCN=C(N)CP(C)C)NC(=O)OCC1c2ccccc2-c2ccccc21)C(=O)OCc1ccccc1. The van der Waals surface area contributed by atoms with Gasteiger partial charge in [0.2, 0.25) is 0 Å². The van der Waals surface area contributed by atoms with Gasteiger partial charge in [-0.1, -0.05) is 99.1 Å². The minimum Gasteiger partial charge on any atom is -0.461 e. The fourth-order valence-corrected chi connectivity index (χ4v) is 6.73. The molecule has 0 saturated heterocycles. The van der Waals surface area contributed by atoms with Crippen molar-refractivity contribution >= 4 is 31.6 Å². The van der Waals surface area contributed by atoms with E-state index < -0.39 is 24.0 Å². The van der Waals surface area contributed by atoms with Crippen molar-refractivity contribution in [1.82, 2.24) is 5.32 Å². The summed E-state index contributed by atoms with van der Waals surface area (Å²) in [5.74, 6) is -0.861. The molecule has 4 rings (SSSR count). The Bertz CT molecular complexity index is 1480. The summed E-state index contributed by atoms with van der Waals surface area (Å²) in [6.45, 7) is 8.94. The molecule has 0 fully saturated rings. The van der Waals surface area contributed by atoms with E-state index in [2.05, 4.69) is 47.9 Å². The molecule has 0 aliphatic heterocycles. The minimum absolute atomic E-state index is 0.0433. The molecule has 0 spiro atoms. The zero-order valence-electron chi connectivity index (χ0n) is 28.0. The number of hydrogen-bond donors (Lipinski definition) is 2. The number of amidine groups is 1. The number of esters is 1. The lowest BCUT2D eigenvalue weighted by Gasteiger charge is -2.24. The predicted octanol–water partition coefficient (Wildman–Crippen LogP) is 7.14. The minimum atomic E-state index is -0.843. The first-order chi connectivity index (χ1) is 22.7. The van der Waals surface area contributed by atoms with Crippen LogP contribution in [-0.2, 0) is 25.7 Å². The molecule has 0 radical (unpaired) electrons. The van der Waals surface area contributed by atoms with Crippen molar-refractivity contribution in [2.45, 2.75) is 58.1 Å². The molecule has 250 valence electrons. The number of hydrogen-bond acceptors (Lipinski definition) is 6. The second-order valence-corrected chi connectivity index (χ2v) is 15.0. The summed E-state index contributed by atoms with van der Waals surface area (Å²) in [6, 6.07) is 24.9. The summed E-state index contributed by atoms with van der Waals surface area (Å²) in [6.07, 6.45) is 1.64. The van der Waals surface area contributed by atoms with Crippen molar-refractivity contribution in [2.24, 2.45) is 22.6 Å². The highest BCUT2D eigenvalue weighted by molar-refractivity contribution is 7.57. The maximum atomic E-state index is 13.8. The van der Waals surface area contributed by atoms with Crippen LogP contribution in [0, 0.1) is 11.8 Å². The molecule has 1 aliphatic rings. The number of Topliss-reactive ketones (excluding diaryl/α,β-unsaturated/α-hetero) is 1. The van der Waals surface area contributed by atoms with E-state index in [1.165, 1.54) is 0 Å². The van der Waals surface area contributed by atoms with Crippen LogP contribution in [0.15, 0.2) is 83.9 Å². The van der Waals surface area contributed by atoms with Crippen molar-refractivity contribution < 1.29 is 23.9 Å². The van der Waals surface area contributed by atoms with Crippen molar-refractivity contribution in [3.05, 3.63) is 95.6 Å². The normalized spacial score (nSPS) is 14.5. The predicted molar refractivity (Wildman–Crippen MR) is 190 cm³/mol. The molecular formula is C38H48N3O5P. The first kappa shape index (κ1) is 35.8. The number of ether oxygens (including phenoxy) is 2. The van der Waals surface area contributed by atoms with Crippen LogP contribution in [-0.4, -0.2) is 62.4 Å². The van der Waals surface area contributed by atoms with Crippen LogP contribution < -0.4 is 11.1 Å². The van der Waals surface area contributed by atoms with Gasteiger partial charge in [-0.3, -0.25) is 14.6 Å². The van der Waals surface area contributed by atoms with Crippen LogP contribution in [0.1, 0.15) is 62.1 Å². The molecule has 1 unspecified atom stereocenters. The van der Waals surface area contributed by atoms with E-state index in [0.29, 0.717) is 31.6 Å². The van der Waals surface area contributed by atoms with E-state index in [0.717, 1.165) is 34.0 Å². The van der Waals surface area contributed by atoms with Gasteiger partial charge in [0.1, 0.15) is 13.2 Å². The maximum absolute atomic E-state index is 13.8. The molecule has 3 N–H and O–H groups in total. The van der Waals surface area contributed by atoms with E-state index in [-0.39, 0.29) is 45.2 Å². The Labute approximate surface area is 280 Å². The maximum Gasteiger partial charge on any atom is 0.407 e. The Morgan fingerprint density at radius 2 is 1.53 bits per heavy atom. The third kappa shape index (κ3) is 10.2. The van der Waals surface area contributed by atoms with Crippen molar-refractivity contribution in [1.29, 1.82) is 0 Å². The van der Waals surface area contributed by atoms with Gasteiger partial charge < -0.3 is 20.5 Å². The molecule has 3 aromatic rings. The van der Waals surface area contributed by atoms with Crippen LogP contribution >= 0.6 is 7.92 Å². The molecule has 0 bridgehead atoms. The fraction of sp³-hybridized carbons (Fsp3) is 0.421. The lowest BCUT2D eigenvalue weighted by Crippen LogP contribution is -2.43. The molecule has 8 nitrogen and oxygen atoms in total. The third-order valence-corrected chi connectivity index (χ3v) is 9.70. The summed E-state index contributed by atoms with van der Waals surface area (Å²) >= 11 is 0. The van der Waals surface area contributed by atoms with Crippen molar-refractivity contribution in [2.75, 3.05) is 32.6 Å². The van der Waals surface area contributed by atoms with Gasteiger partial charge in [0, 0.05) is 25.0 Å². The number of carbonyl (C=O) groups is 3. The van der Waals surface area contributed by atoms with E-state index in [1.807, 2.05) is 68.4 Å². The Morgan fingerprint density at radius 3 is 2.15 bits per heavy atom. The molecule has 3 aromatic carbocycles. The quantitative estimate of drug-likeness (QED) is 0.0524. The number of nitrogens with two attached hydrogens (primary N) is 1. The van der Waals surface area contributed by atoms with Gasteiger partial charge in [0.25, 0.3) is 0 Å². The number of nitrogens with one attached hydrogen (secondary N) is 1. The fourth-order valence-electron chi connectivity index (χ4n) is 5.98. The molecule has 3 atom stereocenters. The van der Waals surface area contributed by atoms with Crippen LogP contribution in [0.4, 0.5) is 4.79 Å². The number of fused-ring (bicyclic) bond motifs is 3. The van der Waals surface area contributed by atoms with Crippen LogP contribution in [0.25, 0.3) is 11.1 Å². The molecule has 0 heterocycles. The Hall–Kier alpha value is -4.03. The highest BCUT2D eigenvalue weighted by Gasteiger charge is 2.33. The summed E-state index contributed by atoms with van der Waals surface area (Å²) in [5, 5.41) is 2.83. The Morgan fingerprint density at radius 1 is 0.915 bits per heavy atom. The molecule has 9 heteroatoms. The van der Waals surface area contributed by atoms with Crippen LogP contribution in [0.3, 0.4) is 0 Å². The topological polar surface area (TPSA) is 120 Å². The van der Waals surface area contributed by atoms with Crippen molar-refractivity contribution in [3.8, 4) is 11.1 Å². The number of aliphatic imine (C=N–C) groups is 1. The third-order valence-electron chi connectivity index (χ3n) is 8.75. The lowest BCUT2D eigenvalue weighted by molar-refractivity contribution is -0.153. The number of ketones is 1. The van der Waals surface area contributed by atoms with Crippen LogP contribution in [0.5, 0.6) is 0 Å². The Kier molecular flexibility index (Phi) is 13.5. The van der Waals surface area contributed by atoms with Gasteiger partial charge in [-0.05, 0) is 59.9 Å². The van der Waals surface area contributed by atoms with E-state index >= 15 is 0 Å². The number of rotatable bonds is 17. The van der Waals surface area contributed by atoms with Crippen molar-refractivity contribution in [3.63, 3.8) is 0 Å². The average Bonchev–Trinajstić information content (AvgIpc) is 3.39.